The lowest BCUT2D eigenvalue weighted by molar-refractivity contribution is 0.162. The fraction of sp³-hybridized carbons (Fsp3) is 0.909. The van der Waals surface area contributed by atoms with E-state index in [0.29, 0.717) is 12.5 Å². The second-order valence-corrected chi connectivity index (χ2v) is 4.68. The van der Waals surface area contributed by atoms with Crippen molar-refractivity contribution in [3.8, 4) is 0 Å². The average Bonchev–Trinajstić information content (AvgIpc) is 2.82. The standard InChI is InChI=1S/C11H21N3O2/c12-7-9-1-4-14(5-2-9)11(15)13-10-3-6-16-8-10/h9-10H,1-8,12H2,(H,13,15). The zero-order chi connectivity index (χ0) is 11.4. The molecule has 5 heteroatoms. The van der Waals surface area contributed by atoms with E-state index >= 15 is 0 Å². The predicted molar refractivity (Wildman–Crippen MR) is 61.1 cm³/mol. The van der Waals surface area contributed by atoms with Gasteiger partial charge in [-0.2, -0.15) is 0 Å². The number of nitrogens with two attached hydrogens (primary N) is 1. The molecule has 2 fully saturated rings. The number of urea groups is 1. The highest BCUT2D eigenvalue weighted by atomic mass is 16.5. The minimum atomic E-state index is 0.0611. The summed E-state index contributed by atoms with van der Waals surface area (Å²) in [5.74, 6) is 0.596. The van der Waals surface area contributed by atoms with E-state index in [2.05, 4.69) is 5.32 Å². The van der Waals surface area contributed by atoms with Gasteiger partial charge in [0.25, 0.3) is 0 Å². The first-order chi connectivity index (χ1) is 7.79. The number of rotatable bonds is 2. The number of likely N-dealkylation sites (tertiary alicyclic amines) is 1. The topological polar surface area (TPSA) is 67.6 Å². The van der Waals surface area contributed by atoms with E-state index in [1.165, 1.54) is 0 Å². The molecule has 2 aliphatic heterocycles. The van der Waals surface area contributed by atoms with Crippen molar-refractivity contribution < 1.29 is 9.53 Å². The Morgan fingerprint density at radius 3 is 2.69 bits per heavy atom. The molecule has 0 saturated carbocycles. The highest BCUT2D eigenvalue weighted by molar-refractivity contribution is 5.74. The zero-order valence-electron chi connectivity index (χ0n) is 9.65. The van der Waals surface area contributed by atoms with E-state index in [-0.39, 0.29) is 12.1 Å². The minimum absolute atomic E-state index is 0.0611. The zero-order valence-corrected chi connectivity index (χ0v) is 9.65. The van der Waals surface area contributed by atoms with E-state index in [1.807, 2.05) is 4.90 Å². The van der Waals surface area contributed by atoms with Crippen LogP contribution in [0.3, 0.4) is 0 Å². The van der Waals surface area contributed by atoms with Crippen LogP contribution in [0.4, 0.5) is 4.79 Å². The average molecular weight is 227 g/mol. The first-order valence-electron chi connectivity index (χ1n) is 6.13. The van der Waals surface area contributed by atoms with Gasteiger partial charge >= 0.3 is 6.03 Å². The molecule has 0 bridgehead atoms. The third-order valence-electron chi connectivity index (χ3n) is 3.49. The van der Waals surface area contributed by atoms with Gasteiger partial charge in [-0.25, -0.2) is 4.79 Å². The molecule has 2 heterocycles. The van der Waals surface area contributed by atoms with Gasteiger partial charge in [0.2, 0.25) is 0 Å². The van der Waals surface area contributed by atoms with Gasteiger partial charge in [-0.3, -0.25) is 0 Å². The summed E-state index contributed by atoms with van der Waals surface area (Å²) >= 11 is 0. The number of carbonyl (C=O) groups is 1. The number of nitrogens with zero attached hydrogens (tertiary/aromatic N) is 1. The molecule has 16 heavy (non-hydrogen) atoms. The van der Waals surface area contributed by atoms with Crippen molar-refractivity contribution in [1.29, 1.82) is 0 Å². The van der Waals surface area contributed by atoms with Gasteiger partial charge < -0.3 is 20.7 Å². The van der Waals surface area contributed by atoms with Crippen LogP contribution in [0.5, 0.6) is 0 Å². The number of amides is 2. The number of carbonyl (C=O) groups excluding carboxylic acids is 1. The maximum atomic E-state index is 11.9. The Balaban J connectivity index is 1.73. The van der Waals surface area contributed by atoms with Crippen molar-refractivity contribution in [3.63, 3.8) is 0 Å². The second-order valence-electron chi connectivity index (χ2n) is 4.68. The Morgan fingerprint density at radius 1 is 1.38 bits per heavy atom. The van der Waals surface area contributed by atoms with Crippen LogP contribution in [-0.4, -0.2) is 49.8 Å². The normalized spacial score (nSPS) is 27.1. The smallest absolute Gasteiger partial charge is 0.317 e. The lowest BCUT2D eigenvalue weighted by Crippen LogP contribution is -2.48. The Labute approximate surface area is 96.3 Å². The molecule has 0 aromatic rings. The summed E-state index contributed by atoms with van der Waals surface area (Å²) in [4.78, 5) is 13.8. The first kappa shape index (κ1) is 11.7. The van der Waals surface area contributed by atoms with Gasteiger partial charge in [0.05, 0.1) is 12.6 Å². The van der Waals surface area contributed by atoms with Crippen LogP contribution < -0.4 is 11.1 Å². The van der Waals surface area contributed by atoms with Crippen molar-refractivity contribution in [2.45, 2.75) is 25.3 Å². The molecular weight excluding hydrogens is 206 g/mol. The maximum absolute atomic E-state index is 11.9. The SMILES string of the molecule is NCC1CCN(C(=O)NC2CCOC2)CC1. The van der Waals surface area contributed by atoms with Gasteiger partial charge in [0.1, 0.15) is 0 Å². The Hall–Kier alpha value is -0.810. The summed E-state index contributed by atoms with van der Waals surface area (Å²) in [5.41, 5.74) is 5.62. The molecule has 0 radical (unpaired) electrons. The third kappa shape index (κ3) is 2.86. The summed E-state index contributed by atoms with van der Waals surface area (Å²) in [6.45, 7) is 3.83. The molecule has 2 amide bonds. The number of piperidine rings is 1. The molecule has 2 rings (SSSR count). The molecule has 0 aromatic carbocycles. The molecule has 1 atom stereocenters. The van der Waals surface area contributed by atoms with Crippen molar-refractivity contribution in [2.24, 2.45) is 11.7 Å². The molecule has 5 nitrogen and oxygen atoms in total. The highest BCUT2D eigenvalue weighted by Gasteiger charge is 2.24. The molecular formula is C11H21N3O2. The molecule has 2 saturated heterocycles. The van der Waals surface area contributed by atoms with Crippen molar-refractivity contribution in [2.75, 3.05) is 32.8 Å². The monoisotopic (exact) mass is 227 g/mol. The number of ether oxygens (including phenoxy) is 1. The third-order valence-corrected chi connectivity index (χ3v) is 3.49. The van der Waals surface area contributed by atoms with Crippen LogP contribution in [-0.2, 0) is 4.74 Å². The molecule has 0 aliphatic carbocycles. The van der Waals surface area contributed by atoms with E-state index < -0.39 is 0 Å². The molecule has 92 valence electrons. The van der Waals surface area contributed by atoms with Crippen LogP contribution >= 0.6 is 0 Å². The fourth-order valence-electron chi connectivity index (χ4n) is 2.29. The van der Waals surface area contributed by atoms with Gasteiger partial charge in [-0.05, 0) is 31.7 Å². The second kappa shape index (κ2) is 5.50. The Bertz CT molecular complexity index is 233. The summed E-state index contributed by atoms with van der Waals surface area (Å²) in [6, 6.07) is 0.269. The number of hydrogen-bond donors (Lipinski definition) is 2. The van der Waals surface area contributed by atoms with E-state index in [1.54, 1.807) is 0 Å². The Kier molecular flexibility index (Phi) is 4.01. The van der Waals surface area contributed by atoms with Crippen molar-refractivity contribution >= 4 is 6.03 Å². The predicted octanol–water partition coefficient (Wildman–Crippen LogP) is 0.156. The van der Waals surface area contributed by atoms with Crippen LogP contribution in [0.15, 0.2) is 0 Å². The summed E-state index contributed by atoms with van der Waals surface area (Å²) < 4.78 is 5.23. The first-order valence-corrected chi connectivity index (χ1v) is 6.13. The molecule has 0 spiro atoms. The molecule has 3 N–H and O–H groups in total. The Morgan fingerprint density at radius 2 is 2.12 bits per heavy atom. The number of nitrogens with one attached hydrogen (secondary N) is 1. The summed E-state index contributed by atoms with van der Waals surface area (Å²) in [6.07, 6.45) is 3.00. The molecule has 2 aliphatic rings. The lowest BCUT2D eigenvalue weighted by atomic mass is 9.97. The van der Waals surface area contributed by atoms with E-state index in [4.69, 9.17) is 10.5 Å². The highest BCUT2D eigenvalue weighted by Crippen LogP contribution is 2.16. The lowest BCUT2D eigenvalue weighted by Gasteiger charge is -2.32. The van der Waals surface area contributed by atoms with Crippen LogP contribution in [0.1, 0.15) is 19.3 Å². The fourth-order valence-corrected chi connectivity index (χ4v) is 2.29. The molecule has 1 unspecified atom stereocenters. The van der Waals surface area contributed by atoms with Crippen molar-refractivity contribution in [1.82, 2.24) is 10.2 Å². The van der Waals surface area contributed by atoms with E-state index in [0.717, 1.165) is 45.5 Å². The minimum Gasteiger partial charge on any atom is -0.379 e. The van der Waals surface area contributed by atoms with Gasteiger partial charge in [0.15, 0.2) is 0 Å². The van der Waals surface area contributed by atoms with Gasteiger partial charge in [-0.15, -0.1) is 0 Å². The summed E-state index contributed by atoms with van der Waals surface area (Å²) in [5, 5.41) is 3.01. The summed E-state index contributed by atoms with van der Waals surface area (Å²) in [7, 11) is 0. The van der Waals surface area contributed by atoms with Crippen LogP contribution in [0.25, 0.3) is 0 Å². The van der Waals surface area contributed by atoms with E-state index in [9.17, 15) is 4.79 Å². The van der Waals surface area contributed by atoms with Crippen LogP contribution in [0.2, 0.25) is 0 Å². The quantitative estimate of drug-likeness (QED) is 0.706. The molecule has 0 aromatic heterocycles. The van der Waals surface area contributed by atoms with Crippen LogP contribution in [0, 0.1) is 5.92 Å². The van der Waals surface area contributed by atoms with Gasteiger partial charge in [0, 0.05) is 19.7 Å². The maximum Gasteiger partial charge on any atom is 0.317 e. The number of hydrogen-bond acceptors (Lipinski definition) is 3. The largest absolute Gasteiger partial charge is 0.379 e. The van der Waals surface area contributed by atoms with Crippen molar-refractivity contribution in [3.05, 3.63) is 0 Å². The van der Waals surface area contributed by atoms with Gasteiger partial charge in [-0.1, -0.05) is 0 Å².